The third-order valence-corrected chi connectivity index (χ3v) is 3.19. The van der Waals surface area contributed by atoms with Crippen LogP contribution in [0.2, 0.25) is 5.02 Å². The molecule has 0 aromatic heterocycles. The second-order valence-electron chi connectivity index (χ2n) is 4.33. The number of amides is 1. The Labute approximate surface area is 123 Å². The van der Waals surface area contributed by atoms with E-state index in [4.69, 9.17) is 16.3 Å². The number of nitrogens with one attached hydrogen (secondary N) is 1. The molecule has 3 nitrogen and oxygen atoms in total. The molecule has 0 radical (unpaired) electrons. The molecular formula is C16H16ClNO2. The summed E-state index contributed by atoms with van der Waals surface area (Å²) < 4.78 is 5.27. The number of carbonyl (C=O) groups is 1. The first-order chi connectivity index (χ1) is 9.70. The molecule has 0 bridgehead atoms. The normalized spacial score (nSPS) is 10.1. The van der Waals surface area contributed by atoms with Crippen molar-refractivity contribution in [3.8, 4) is 5.75 Å². The zero-order valence-electron chi connectivity index (χ0n) is 11.2. The zero-order chi connectivity index (χ0) is 14.4. The first-order valence-corrected chi connectivity index (χ1v) is 6.74. The van der Waals surface area contributed by atoms with Crippen molar-refractivity contribution in [1.82, 2.24) is 5.32 Å². The molecule has 2 aromatic carbocycles. The molecule has 0 unspecified atom stereocenters. The van der Waals surface area contributed by atoms with Crippen molar-refractivity contribution in [1.29, 1.82) is 0 Å². The van der Waals surface area contributed by atoms with Gasteiger partial charge in [-0.1, -0.05) is 35.9 Å². The highest BCUT2D eigenvalue weighted by molar-refractivity contribution is 6.30. The Morgan fingerprint density at radius 3 is 2.75 bits per heavy atom. The number of benzene rings is 2. The predicted octanol–water partition coefficient (Wildman–Crippen LogP) is 3.32. The Kier molecular flexibility index (Phi) is 5.02. The molecule has 0 saturated carbocycles. The number of hydrogen-bond acceptors (Lipinski definition) is 2. The standard InChI is InChI=1S/C16H16ClNO2/c1-20-15-8-3-2-5-12(15)9-10-18-16(19)13-6-4-7-14(17)11-13/h2-8,11H,9-10H2,1H3,(H,18,19). The van der Waals surface area contributed by atoms with E-state index in [0.29, 0.717) is 17.1 Å². The van der Waals surface area contributed by atoms with E-state index in [1.54, 1.807) is 31.4 Å². The Bertz CT molecular complexity index is 599. The molecule has 0 aliphatic carbocycles. The second kappa shape index (κ2) is 6.96. The fourth-order valence-corrected chi connectivity index (χ4v) is 2.14. The van der Waals surface area contributed by atoms with Gasteiger partial charge in [-0.15, -0.1) is 0 Å². The monoisotopic (exact) mass is 289 g/mol. The largest absolute Gasteiger partial charge is 0.496 e. The maximum absolute atomic E-state index is 11.9. The second-order valence-corrected chi connectivity index (χ2v) is 4.76. The van der Waals surface area contributed by atoms with Crippen LogP contribution in [0.4, 0.5) is 0 Å². The zero-order valence-corrected chi connectivity index (χ0v) is 12.0. The Morgan fingerprint density at radius 2 is 2.00 bits per heavy atom. The number of ether oxygens (including phenoxy) is 1. The predicted molar refractivity (Wildman–Crippen MR) is 80.5 cm³/mol. The van der Waals surface area contributed by atoms with Crippen LogP contribution in [0.25, 0.3) is 0 Å². The van der Waals surface area contributed by atoms with Gasteiger partial charge in [-0.05, 0) is 36.2 Å². The van der Waals surface area contributed by atoms with Crippen LogP contribution in [-0.4, -0.2) is 19.6 Å². The van der Waals surface area contributed by atoms with Crippen LogP contribution < -0.4 is 10.1 Å². The number of carbonyl (C=O) groups excluding carboxylic acids is 1. The lowest BCUT2D eigenvalue weighted by Crippen LogP contribution is -2.25. The van der Waals surface area contributed by atoms with Gasteiger partial charge in [-0.2, -0.15) is 0 Å². The lowest BCUT2D eigenvalue weighted by Gasteiger charge is -2.09. The van der Waals surface area contributed by atoms with Gasteiger partial charge in [-0.25, -0.2) is 0 Å². The highest BCUT2D eigenvalue weighted by atomic mass is 35.5. The van der Waals surface area contributed by atoms with Gasteiger partial charge in [0.15, 0.2) is 0 Å². The average molecular weight is 290 g/mol. The van der Waals surface area contributed by atoms with Gasteiger partial charge in [-0.3, -0.25) is 4.79 Å². The van der Waals surface area contributed by atoms with Crippen LogP contribution in [0.1, 0.15) is 15.9 Å². The fourth-order valence-electron chi connectivity index (χ4n) is 1.95. The molecule has 1 amide bonds. The minimum absolute atomic E-state index is 0.123. The molecule has 0 heterocycles. The van der Waals surface area contributed by atoms with E-state index < -0.39 is 0 Å². The van der Waals surface area contributed by atoms with E-state index in [0.717, 1.165) is 17.7 Å². The minimum atomic E-state index is -0.123. The van der Waals surface area contributed by atoms with Crippen LogP contribution >= 0.6 is 11.6 Å². The molecule has 0 spiro atoms. The van der Waals surface area contributed by atoms with E-state index in [1.807, 2.05) is 24.3 Å². The fraction of sp³-hybridized carbons (Fsp3) is 0.188. The van der Waals surface area contributed by atoms with Crippen LogP contribution in [0.3, 0.4) is 0 Å². The smallest absolute Gasteiger partial charge is 0.251 e. The Balaban J connectivity index is 1.91. The van der Waals surface area contributed by atoms with Gasteiger partial charge >= 0.3 is 0 Å². The van der Waals surface area contributed by atoms with Crippen molar-refractivity contribution in [2.24, 2.45) is 0 Å². The van der Waals surface area contributed by atoms with Crippen molar-refractivity contribution in [2.45, 2.75) is 6.42 Å². The van der Waals surface area contributed by atoms with E-state index in [2.05, 4.69) is 5.32 Å². The van der Waals surface area contributed by atoms with Gasteiger partial charge in [0, 0.05) is 17.1 Å². The van der Waals surface area contributed by atoms with Gasteiger partial charge in [0.25, 0.3) is 5.91 Å². The summed E-state index contributed by atoms with van der Waals surface area (Å²) in [6.45, 7) is 0.547. The average Bonchev–Trinajstić information content (AvgIpc) is 2.47. The number of rotatable bonds is 5. The van der Waals surface area contributed by atoms with E-state index in [1.165, 1.54) is 0 Å². The summed E-state index contributed by atoms with van der Waals surface area (Å²) in [5.41, 5.74) is 1.64. The molecular weight excluding hydrogens is 274 g/mol. The van der Waals surface area contributed by atoms with E-state index in [-0.39, 0.29) is 5.91 Å². The van der Waals surface area contributed by atoms with Crippen LogP contribution in [-0.2, 0) is 6.42 Å². The van der Waals surface area contributed by atoms with E-state index >= 15 is 0 Å². The molecule has 0 aliphatic heterocycles. The van der Waals surface area contributed by atoms with Crippen molar-refractivity contribution in [2.75, 3.05) is 13.7 Å². The number of halogens is 1. The van der Waals surface area contributed by atoms with Gasteiger partial charge < -0.3 is 10.1 Å². The Hall–Kier alpha value is -2.00. The lowest BCUT2D eigenvalue weighted by molar-refractivity contribution is 0.0954. The third kappa shape index (κ3) is 3.75. The highest BCUT2D eigenvalue weighted by Gasteiger charge is 2.06. The quantitative estimate of drug-likeness (QED) is 0.917. The maximum Gasteiger partial charge on any atom is 0.251 e. The molecule has 0 aliphatic rings. The summed E-state index contributed by atoms with van der Waals surface area (Å²) >= 11 is 5.86. The summed E-state index contributed by atoms with van der Waals surface area (Å²) in [6, 6.07) is 14.7. The molecule has 2 rings (SSSR count). The molecule has 20 heavy (non-hydrogen) atoms. The van der Waals surface area contributed by atoms with E-state index in [9.17, 15) is 4.79 Å². The number of methoxy groups -OCH3 is 1. The summed E-state index contributed by atoms with van der Waals surface area (Å²) in [5.74, 6) is 0.715. The molecule has 1 N–H and O–H groups in total. The first-order valence-electron chi connectivity index (χ1n) is 6.36. The minimum Gasteiger partial charge on any atom is -0.496 e. The first kappa shape index (κ1) is 14.4. The van der Waals surface area contributed by atoms with Gasteiger partial charge in [0.05, 0.1) is 7.11 Å². The van der Waals surface area contributed by atoms with Crippen molar-refractivity contribution >= 4 is 17.5 Å². The van der Waals surface area contributed by atoms with Crippen molar-refractivity contribution < 1.29 is 9.53 Å². The van der Waals surface area contributed by atoms with Gasteiger partial charge in [0.2, 0.25) is 0 Å². The summed E-state index contributed by atoms with van der Waals surface area (Å²) in [5, 5.41) is 3.43. The topological polar surface area (TPSA) is 38.3 Å². The lowest BCUT2D eigenvalue weighted by atomic mass is 10.1. The molecule has 0 saturated heterocycles. The van der Waals surface area contributed by atoms with Crippen LogP contribution in [0.5, 0.6) is 5.75 Å². The van der Waals surface area contributed by atoms with Crippen molar-refractivity contribution in [3.63, 3.8) is 0 Å². The summed E-state index contributed by atoms with van der Waals surface area (Å²) in [7, 11) is 1.64. The maximum atomic E-state index is 11.9. The SMILES string of the molecule is COc1ccccc1CCNC(=O)c1cccc(Cl)c1. The highest BCUT2D eigenvalue weighted by Crippen LogP contribution is 2.17. The third-order valence-electron chi connectivity index (χ3n) is 2.96. The molecule has 2 aromatic rings. The van der Waals surface area contributed by atoms with Gasteiger partial charge in [0.1, 0.15) is 5.75 Å². The molecule has 104 valence electrons. The number of para-hydroxylation sites is 1. The van der Waals surface area contributed by atoms with Crippen molar-refractivity contribution in [3.05, 3.63) is 64.7 Å². The van der Waals surface area contributed by atoms with Crippen LogP contribution in [0.15, 0.2) is 48.5 Å². The van der Waals surface area contributed by atoms with Crippen LogP contribution in [0, 0.1) is 0 Å². The summed E-state index contributed by atoms with van der Waals surface area (Å²) in [4.78, 5) is 11.9. The molecule has 0 atom stereocenters. The number of hydrogen-bond donors (Lipinski definition) is 1. The Morgan fingerprint density at radius 1 is 1.20 bits per heavy atom. The molecule has 0 fully saturated rings. The molecule has 4 heteroatoms. The summed E-state index contributed by atoms with van der Waals surface area (Å²) in [6.07, 6.45) is 0.719.